The van der Waals surface area contributed by atoms with Crippen LogP contribution in [0.5, 0.6) is 0 Å². The second kappa shape index (κ2) is 6.66. The minimum absolute atomic E-state index is 0.00333. The second-order valence-corrected chi connectivity index (χ2v) is 4.96. The van der Waals surface area contributed by atoms with E-state index < -0.39 is 11.9 Å². The molecule has 0 saturated carbocycles. The Labute approximate surface area is 122 Å². The molecule has 1 aromatic heterocycles. The molecule has 0 bridgehead atoms. The van der Waals surface area contributed by atoms with Crippen LogP contribution >= 0.6 is 0 Å². The Balaban J connectivity index is 2.21. The van der Waals surface area contributed by atoms with Gasteiger partial charge in [0.2, 0.25) is 0 Å². The monoisotopic (exact) mass is 297 g/mol. The van der Waals surface area contributed by atoms with Gasteiger partial charge in [0, 0.05) is 0 Å². The summed E-state index contributed by atoms with van der Waals surface area (Å²) in [5.74, 6) is -1.09. The van der Waals surface area contributed by atoms with Crippen molar-refractivity contribution in [2.24, 2.45) is 0 Å². The summed E-state index contributed by atoms with van der Waals surface area (Å²) in [5, 5.41) is 7.75. The molecule has 116 valence electrons. The second-order valence-electron chi connectivity index (χ2n) is 4.96. The zero-order valence-electron chi connectivity index (χ0n) is 12.4. The Morgan fingerprint density at radius 3 is 2.67 bits per heavy atom. The first-order chi connectivity index (χ1) is 10.0. The van der Waals surface area contributed by atoms with Gasteiger partial charge in [-0.3, -0.25) is 4.79 Å². The molecule has 2 heterocycles. The largest absolute Gasteiger partial charge is 0.469 e. The summed E-state index contributed by atoms with van der Waals surface area (Å²) in [4.78, 5) is 23.2. The van der Waals surface area contributed by atoms with E-state index in [1.165, 1.54) is 18.9 Å². The fourth-order valence-electron chi connectivity index (χ4n) is 2.33. The molecule has 0 amide bonds. The lowest BCUT2D eigenvalue weighted by Crippen LogP contribution is -2.21. The van der Waals surface area contributed by atoms with E-state index >= 15 is 0 Å². The molecule has 0 aliphatic carbocycles. The van der Waals surface area contributed by atoms with E-state index in [-0.39, 0.29) is 24.3 Å². The van der Waals surface area contributed by atoms with Gasteiger partial charge in [-0.15, -0.1) is 5.10 Å². The van der Waals surface area contributed by atoms with Crippen LogP contribution in [0.1, 0.15) is 35.9 Å². The highest BCUT2D eigenvalue weighted by Crippen LogP contribution is 2.21. The van der Waals surface area contributed by atoms with Crippen molar-refractivity contribution in [3.8, 4) is 0 Å². The van der Waals surface area contributed by atoms with Gasteiger partial charge in [0.05, 0.1) is 45.1 Å². The minimum Gasteiger partial charge on any atom is -0.469 e. The van der Waals surface area contributed by atoms with Gasteiger partial charge >= 0.3 is 11.9 Å². The third kappa shape index (κ3) is 3.57. The lowest BCUT2D eigenvalue weighted by atomic mass is 10.2. The van der Waals surface area contributed by atoms with Crippen LogP contribution in [0.3, 0.4) is 0 Å². The smallest absolute Gasteiger partial charge is 0.360 e. The molecule has 21 heavy (non-hydrogen) atoms. The third-order valence-electron chi connectivity index (χ3n) is 3.45. The molecule has 0 N–H and O–H groups in total. The molecular weight excluding hydrogens is 278 g/mol. The Morgan fingerprint density at radius 2 is 2.10 bits per heavy atom. The van der Waals surface area contributed by atoms with Crippen LogP contribution in [0, 0.1) is 0 Å². The standard InChI is InChI=1S/C13H19N3O5/c1-8-4-5-9(21-8)7-16-10(6-11(17)19-2)12(14-15-16)13(18)20-3/h8-9H,4-7H2,1-3H3. The lowest BCUT2D eigenvalue weighted by Gasteiger charge is -2.12. The van der Waals surface area contributed by atoms with Crippen molar-refractivity contribution < 1.29 is 23.8 Å². The van der Waals surface area contributed by atoms with Crippen molar-refractivity contribution in [2.75, 3.05) is 14.2 Å². The Hall–Kier alpha value is -1.96. The molecule has 0 aromatic carbocycles. The summed E-state index contributed by atoms with van der Waals surface area (Å²) in [5.41, 5.74) is 0.422. The minimum atomic E-state index is -0.624. The quantitative estimate of drug-likeness (QED) is 0.724. The number of hydrogen-bond acceptors (Lipinski definition) is 7. The summed E-state index contributed by atoms with van der Waals surface area (Å²) < 4.78 is 16.5. The van der Waals surface area contributed by atoms with E-state index in [4.69, 9.17) is 4.74 Å². The zero-order valence-corrected chi connectivity index (χ0v) is 12.4. The molecule has 8 heteroatoms. The van der Waals surface area contributed by atoms with Gasteiger partial charge in [-0.05, 0) is 19.8 Å². The predicted octanol–water partition coefficient (Wildman–Crippen LogP) is 0.348. The van der Waals surface area contributed by atoms with E-state index in [2.05, 4.69) is 19.8 Å². The Kier molecular flexibility index (Phi) is 4.89. The first-order valence-corrected chi connectivity index (χ1v) is 6.78. The fourth-order valence-corrected chi connectivity index (χ4v) is 2.33. The average molecular weight is 297 g/mol. The van der Waals surface area contributed by atoms with Crippen molar-refractivity contribution in [3.05, 3.63) is 11.4 Å². The van der Waals surface area contributed by atoms with E-state index in [9.17, 15) is 9.59 Å². The highest BCUT2D eigenvalue weighted by atomic mass is 16.5. The summed E-state index contributed by atoms with van der Waals surface area (Å²) in [7, 11) is 2.54. The van der Waals surface area contributed by atoms with Crippen molar-refractivity contribution in [3.63, 3.8) is 0 Å². The summed E-state index contributed by atoms with van der Waals surface area (Å²) >= 11 is 0. The summed E-state index contributed by atoms with van der Waals surface area (Å²) in [6.45, 7) is 2.46. The molecule has 1 fully saturated rings. The van der Waals surface area contributed by atoms with Gasteiger partial charge in [0.1, 0.15) is 0 Å². The van der Waals surface area contributed by atoms with Crippen molar-refractivity contribution in [1.29, 1.82) is 0 Å². The van der Waals surface area contributed by atoms with Gasteiger partial charge in [0.15, 0.2) is 5.69 Å². The van der Waals surface area contributed by atoms with Gasteiger partial charge < -0.3 is 14.2 Å². The van der Waals surface area contributed by atoms with Gasteiger partial charge in [-0.1, -0.05) is 5.21 Å². The topological polar surface area (TPSA) is 92.5 Å². The van der Waals surface area contributed by atoms with Crippen molar-refractivity contribution in [2.45, 2.75) is 44.9 Å². The van der Waals surface area contributed by atoms with Gasteiger partial charge in [-0.2, -0.15) is 0 Å². The zero-order chi connectivity index (χ0) is 15.4. The molecular formula is C13H19N3O5. The van der Waals surface area contributed by atoms with Crippen molar-refractivity contribution >= 4 is 11.9 Å². The maximum absolute atomic E-state index is 11.7. The van der Waals surface area contributed by atoms with E-state index in [1.807, 2.05) is 6.92 Å². The molecule has 2 atom stereocenters. The number of hydrogen-bond donors (Lipinski definition) is 0. The van der Waals surface area contributed by atoms with Crippen LogP contribution in [0.15, 0.2) is 0 Å². The van der Waals surface area contributed by atoms with Crippen LogP contribution in [-0.2, 0) is 32.0 Å². The first-order valence-electron chi connectivity index (χ1n) is 6.78. The number of methoxy groups -OCH3 is 2. The van der Waals surface area contributed by atoms with Crippen LogP contribution in [-0.4, -0.2) is 53.4 Å². The lowest BCUT2D eigenvalue weighted by molar-refractivity contribution is -0.139. The maximum Gasteiger partial charge on any atom is 0.360 e. The van der Waals surface area contributed by atoms with E-state index in [0.29, 0.717) is 12.2 Å². The predicted molar refractivity (Wildman–Crippen MR) is 70.7 cm³/mol. The molecule has 1 aliphatic rings. The third-order valence-corrected chi connectivity index (χ3v) is 3.45. The van der Waals surface area contributed by atoms with E-state index in [0.717, 1.165) is 12.8 Å². The highest BCUT2D eigenvalue weighted by molar-refractivity contribution is 5.89. The highest BCUT2D eigenvalue weighted by Gasteiger charge is 2.27. The molecule has 2 rings (SSSR count). The molecule has 2 unspecified atom stereocenters. The number of nitrogens with zero attached hydrogens (tertiary/aromatic N) is 3. The maximum atomic E-state index is 11.7. The Bertz CT molecular complexity index is 528. The first kappa shape index (κ1) is 15.4. The Morgan fingerprint density at radius 1 is 1.33 bits per heavy atom. The molecule has 0 radical (unpaired) electrons. The van der Waals surface area contributed by atoms with Gasteiger partial charge in [0.25, 0.3) is 0 Å². The molecule has 0 spiro atoms. The number of aromatic nitrogens is 3. The number of rotatable bonds is 5. The average Bonchev–Trinajstić information content (AvgIpc) is 3.05. The number of ether oxygens (including phenoxy) is 3. The normalized spacial score (nSPS) is 21.3. The number of carbonyl (C=O) groups is 2. The fraction of sp³-hybridized carbons (Fsp3) is 0.692. The molecule has 1 saturated heterocycles. The van der Waals surface area contributed by atoms with Crippen LogP contribution < -0.4 is 0 Å². The SMILES string of the molecule is COC(=O)Cc1c(C(=O)OC)nnn1CC1CCC(C)O1. The van der Waals surface area contributed by atoms with Crippen LogP contribution in [0.25, 0.3) is 0 Å². The number of carbonyl (C=O) groups excluding carboxylic acids is 2. The number of esters is 2. The van der Waals surface area contributed by atoms with Crippen molar-refractivity contribution in [1.82, 2.24) is 15.0 Å². The summed E-state index contributed by atoms with van der Waals surface area (Å²) in [6, 6.07) is 0. The molecule has 8 nitrogen and oxygen atoms in total. The van der Waals surface area contributed by atoms with Crippen LogP contribution in [0.4, 0.5) is 0 Å². The molecule has 1 aliphatic heterocycles. The summed E-state index contributed by atoms with van der Waals surface area (Å²) in [6.07, 6.45) is 2.02. The molecule has 1 aromatic rings. The van der Waals surface area contributed by atoms with Crippen LogP contribution in [0.2, 0.25) is 0 Å². The van der Waals surface area contributed by atoms with E-state index in [1.54, 1.807) is 0 Å². The van der Waals surface area contributed by atoms with Gasteiger partial charge in [-0.25, -0.2) is 9.48 Å².